The summed E-state index contributed by atoms with van der Waals surface area (Å²) in [6, 6.07) is 13.3. The fourth-order valence-corrected chi connectivity index (χ4v) is 1.47. The summed E-state index contributed by atoms with van der Waals surface area (Å²) in [7, 11) is 0. The van der Waals surface area contributed by atoms with Crippen LogP contribution in [0.25, 0.3) is 10.8 Å². The van der Waals surface area contributed by atoms with Gasteiger partial charge in [-0.05, 0) is 11.5 Å². The summed E-state index contributed by atoms with van der Waals surface area (Å²) < 4.78 is 0. The molecule has 0 saturated carbocycles. The number of nitrogens with two attached hydrogens (primary N) is 1. The molecule has 0 fully saturated rings. The van der Waals surface area contributed by atoms with Crippen molar-refractivity contribution in [1.29, 1.82) is 0 Å². The Hall–Kier alpha value is -2.07. The summed E-state index contributed by atoms with van der Waals surface area (Å²) in [6.45, 7) is 0. The van der Waals surface area contributed by atoms with Crippen LogP contribution in [-0.4, -0.2) is 6.09 Å². The molecule has 15 heavy (non-hydrogen) atoms. The van der Waals surface area contributed by atoms with E-state index >= 15 is 0 Å². The van der Waals surface area contributed by atoms with E-state index < -0.39 is 6.09 Å². The predicted molar refractivity (Wildman–Crippen MR) is 58.2 cm³/mol. The third-order valence-electron chi connectivity index (χ3n) is 2.13. The maximum atomic E-state index is 11.0. The van der Waals surface area contributed by atoms with Gasteiger partial charge in [-0.25, -0.2) is 4.79 Å². The topological polar surface area (TPSA) is 64.3 Å². The second-order valence-electron chi connectivity index (χ2n) is 3.06. The maximum Gasteiger partial charge on any atom is 0.430 e. The lowest BCUT2D eigenvalue weighted by Crippen LogP contribution is -2.17. The van der Waals surface area contributed by atoms with Crippen LogP contribution in [0.15, 0.2) is 42.5 Å². The van der Waals surface area contributed by atoms with Gasteiger partial charge in [0.2, 0.25) is 0 Å². The highest BCUT2D eigenvalue weighted by Gasteiger charge is 2.04. The Labute approximate surface area is 86.6 Å². The van der Waals surface area contributed by atoms with Crippen molar-refractivity contribution in [2.24, 2.45) is 5.90 Å². The van der Waals surface area contributed by atoms with E-state index in [1.165, 1.54) is 0 Å². The summed E-state index contributed by atoms with van der Waals surface area (Å²) in [5.41, 5.74) is 0.684. The summed E-state index contributed by atoms with van der Waals surface area (Å²) >= 11 is 0. The highest BCUT2D eigenvalue weighted by Crippen LogP contribution is 2.22. The lowest BCUT2D eigenvalue weighted by atomic mass is 10.1. The molecule has 1 amide bonds. The minimum Gasteiger partial charge on any atom is -0.357 e. The molecule has 2 rings (SSSR count). The molecule has 0 radical (unpaired) electrons. The second-order valence-corrected chi connectivity index (χ2v) is 3.06. The van der Waals surface area contributed by atoms with Gasteiger partial charge in [0.1, 0.15) is 0 Å². The maximum absolute atomic E-state index is 11.0. The van der Waals surface area contributed by atoms with Gasteiger partial charge >= 0.3 is 6.09 Å². The summed E-state index contributed by atoms with van der Waals surface area (Å²) in [5, 5.41) is 4.55. The summed E-state index contributed by atoms with van der Waals surface area (Å²) in [6.07, 6.45) is -0.675. The molecule has 4 heteroatoms. The molecule has 0 heterocycles. The number of fused-ring (bicyclic) bond motifs is 1. The molecular formula is C11H10N2O2. The minimum atomic E-state index is -0.675. The van der Waals surface area contributed by atoms with Gasteiger partial charge in [-0.1, -0.05) is 36.4 Å². The molecule has 0 saturated heterocycles. The first-order valence-electron chi connectivity index (χ1n) is 4.47. The Morgan fingerprint density at radius 3 is 2.67 bits per heavy atom. The normalized spacial score (nSPS) is 9.93. The second kappa shape index (κ2) is 3.98. The Morgan fingerprint density at radius 2 is 1.87 bits per heavy atom. The van der Waals surface area contributed by atoms with Crippen molar-refractivity contribution in [2.75, 3.05) is 5.32 Å². The number of nitrogens with one attached hydrogen (secondary N) is 1. The molecule has 0 spiro atoms. The number of hydrogen-bond donors (Lipinski definition) is 2. The van der Waals surface area contributed by atoms with Gasteiger partial charge in [0.25, 0.3) is 0 Å². The smallest absolute Gasteiger partial charge is 0.357 e. The standard InChI is InChI=1S/C11H10N2O2/c12-15-11(14)13-10-7-3-5-8-4-1-2-6-9(8)10/h1-7H,12H2,(H,13,14). The monoisotopic (exact) mass is 202 g/mol. The number of benzene rings is 2. The molecule has 0 bridgehead atoms. The van der Waals surface area contributed by atoms with E-state index in [9.17, 15) is 4.79 Å². The molecule has 3 N–H and O–H groups in total. The van der Waals surface area contributed by atoms with Crippen molar-refractivity contribution in [2.45, 2.75) is 0 Å². The molecule has 0 unspecified atom stereocenters. The van der Waals surface area contributed by atoms with Crippen molar-refractivity contribution in [3.63, 3.8) is 0 Å². The van der Waals surface area contributed by atoms with Crippen LogP contribution >= 0.6 is 0 Å². The minimum absolute atomic E-state index is 0.675. The van der Waals surface area contributed by atoms with Crippen LogP contribution in [0.5, 0.6) is 0 Å². The average molecular weight is 202 g/mol. The zero-order chi connectivity index (χ0) is 10.7. The predicted octanol–water partition coefficient (Wildman–Crippen LogP) is 2.26. The van der Waals surface area contributed by atoms with Crippen LogP contribution in [0.4, 0.5) is 10.5 Å². The molecule has 4 nitrogen and oxygen atoms in total. The van der Waals surface area contributed by atoms with Crippen molar-refractivity contribution in [1.82, 2.24) is 0 Å². The van der Waals surface area contributed by atoms with Crippen LogP contribution in [0, 0.1) is 0 Å². The number of carbonyl (C=O) groups excluding carboxylic acids is 1. The lowest BCUT2D eigenvalue weighted by molar-refractivity contribution is 0.163. The molecule has 2 aromatic carbocycles. The van der Waals surface area contributed by atoms with Gasteiger partial charge < -0.3 is 4.84 Å². The van der Waals surface area contributed by atoms with Gasteiger partial charge in [0.05, 0.1) is 5.69 Å². The largest absolute Gasteiger partial charge is 0.430 e. The van der Waals surface area contributed by atoms with Crippen LogP contribution < -0.4 is 11.2 Å². The molecular weight excluding hydrogens is 192 g/mol. The number of carbonyl (C=O) groups is 1. The van der Waals surface area contributed by atoms with E-state index in [-0.39, 0.29) is 0 Å². The molecule has 0 aliphatic rings. The van der Waals surface area contributed by atoms with Crippen molar-refractivity contribution >= 4 is 22.6 Å². The third-order valence-corrected chi connectivity index (χ3v) is 2.13. The molecule has 0 aliphatic carbocycles. The van der Waals surface area contributed by atoms with E-state index in [4.69, 9.17) is 5.90 Å². The Bertz CT molecular complexity index is 491. The highest BCUT2D eigenvalue weighted by molar-refractivity contribution is 5.99. The molecule has 76 valence electrons. The first-order chi connectivity index (χ1) is 7.31. The van der Waals surface area contributed by atoms with Crippen molar-refractivity contribution in [3.8, 4) is 0 Å². The fourth-order valence-electron chi connectivity index (χ4n) is 1.47. The fraction of sp³-hybridized carbons (Fsp3) is 0. The number of rotatable bonds is 1. The SMILES string of the molecule is NOC(=O)Nc1cccc2ccccc12. The van der Waals surface area contributed by atoms with Gasteiger partial charge in [0, 0.05) is 5.39 Å². The zero-order valence-corrected chi connectivity index (χ0v) is 7.94. The van der Waals surface area contributed by atoms with E-state index in [2.05, 4.69) is 10.2 Å². The quantitative estimate of drug-likeness (QED) is 0.697. The molecule has 2 aromatic rings. The lowest BCUT2D eigenvalue weighted by Gasteiger charge is -2.06. The first kappa shape index (κ1) is 9.48. The Morgan fingerprint density at radius 1 is 1.13 bits per heavy atom. The zero-order valence-electron chi connectivity index (χ0n) is 7.94. The Balaban J connectivity index is 2.46. The average Bonchev–Trinajstić information content (AvgIpc) is 2.29. The van der Waals surface area contributed by atoms with Crippen molar-refractivity contribution in [3.05, 3.63) is 42.5 Å². The first-order valence-corrected chi connectivity index (χ1v) is 4.47. The van der Waals surface area contributed by atoms with Crippen LogP contribution in [0.2, 0.25) is 0 Å². The van der Waals surface area contributed by atoms with Gasteiger partial charge in [-0.3, -0.25) is 5.32 Å². The Kier molecular flexibility index (Phi) is 2.51. The number of hydrogen-bond acceptors (Lipinski definition) is 3. The summed E-state index contributed by atoms with van der Waals surface area (Å²) in [5.74, 6) is 4.75. The van der Waals surface area contributed by atoms with Crippen LogP contribution in [0.1, 0.15) is 0 Å². The van der Waals surface area contributed by atoms with Crippen LogP contribution in [-0.2, 0) is 4.84 Å². The summed E-state index contributed by atoms with van der Waals surface area (Å²) in [4.78, 5) is 15.0. The van der Waals surface area contributed by atoms with E-state index in [1.54, 1.807) is 6.07 Å². The number of anilines is 1. The van der Waals surface area contributed by atoms with Crippen LogP contribution in [0.3, 0.4) is 0 Å². The molecule has 0 atom stereocenters. The van der Waals surface area contributed by atoms with Crippen molar-refractivity contribution < 1.29 is 9.63 Å². The van der Waals surface area contributed by atoms with E-state index in [0.29, 0.717) is 5.69 Å². The van der Waals surface area contributed by atoms with E-state index in [0.717, 1.165) is 10.8 Å². The molecule has 0 aliphatic heterocycles. The highest BCUT2D eigenvalue weighted by atomic mass is 16.7. The molecule has 0 aromatic heterocycles. The number of amides is 1. The van der Waals surface area contributed by atoms with Gasteiger partial charge in [-0.15, -0.1) is 0 Å². The van der Waals surface area contributed by atoms with E-state index in [1.807, 2.05) is 36.4 Å². The van der Waals surface area contributed by atoms with Gasteiger partial charge in [-0.2, -0.15) is 5.90 Å². The van der Waals surface area contributed by atoms with Gasteiger partial charge in [0.15, 0.2) is 0 Å². The third kappa shape index (κ3) is 1.89.